The number of benzene rings is 1. The molecule has 3 aromatic heterocycles. The lowest BCUT2D eigenvalue weighted by molar-refractivity contribution is 0.0999. The number of aromatic amines is 1. The van der Waals surface area contributed by atoms with Crippen molar-refractivity contribution in [2.75, 3.05) is 33.4 Å². The molecule has 38 heavy (non-hydrogen) atoms. The van der Waals surface area contributed by atoms with E-state index >= 15 is 0 Å². The van der Waals surface area contributed by atoms with Crippen molar-refractivity contribution >= 4 is 29.0 Å². The first kappa shape index (κ1) is 25.5. The Bertz CT molecular complexity index is 1450. The van der Waals surface area contributed by atoms with E-state index in [1.807, 2.05) is 31.3 Å². The predicted molar refractivity (Wildman–Crippen MR) is 147 cm³/mol. The first-order valence-corrected chi connectivity index (χ1v) is 12.9. The Morgan fingerprint density at radius 2 is 1.82 bits per heavy atom. The van der Waals surface area contributed by atoms with Gasteiger partial charge in [-0.3, -0.25) is 14.9 Å². The van der Waals surface area contributed by atoms with Gasteiger partial charge >= 0.3 is 0 Å². The number of likely N-dealkylation sites (tertiary alicyclic amines) is 1. The fraction of sp³-hybridized carbons (Fsp3) is 0.357. The molecule has 198 valence electrons. The van der Waals surface area contributed by atoms with Gasteiger partial charge in [-0.2, -0.15) is 10.2 Å². The molecular weight excluding hydrogens is 482 g/mol. The molecule has 0 spiro atoms. The molecule has 3 N–H and O–H groups in total. The number of nitrogens with zero attached hydrogens (tertiary/aromatic N) is 5. The standard InChI is InChI=1S/C22H20N6O3.C6H13N/c1-28-22-16(11-25-28)18-10-15-17(26-27-19(15)12-24-18)6-5-13-3-4-14(21(23)29)9-20(13)30-7-2-8-31-22;1-7-5-3-2-4-6-7/h3-6,9-12H,2,7-8H2,1H3,(H2,23,29)(H,26,27);2-6H2,1H3/b6-5+;. The van der Waals surface area contributed by atoms with Gasteiger partial charge in [0.25, 0.3) is 0 Å². The summed E-state index contributed by atoms with van der Waals surface area (Å²) >= 11 is 0. The molecule has 6 rings (SSSR count). The van der Waals surface area contributed by atoms with Gasteiger partial charge in [-0.15, -0.1) is 0 Å². The van der Waals surface area contributed by atoms with Crippen LogP contribution in [0.1, 0.15) is 47.3 Å². The quantitative estimate of drug-likeness (QED) is 0.394. The maximum atomic E-state index is 11.6. The zero-order valence-corrected chi connectivity index (χ0v) is 21.8. The van der Waals surface area contributed by atoms with Gasteiger partial charge in [-0.25, -0.2) is 4.68 Å². The number of nitrogens with two attached hydrogens (primary N) is 1. The lowest BCUT2D eigenvalue weighted by Gasteiger charge is -2.20. The highest BCUT2D eigenvalue weighted by molar-refractivity contribution is 5.94. The second kappa shape index (κ2) is 11.5. The van der Waals surface area contributed by atoms with Crippen LogP contribution in [0.3, 0.4) is 0 Å². The van der Waals surface area contributed by atoms with Crippen LogP contribution < -0.4 is 15.2 Å². The third-order valence-corrected chi connectivity index (χ3v) is 6.72. The second-order valence-electron chi connectivity index (χ2n) is 9.58. The van der Waals surface area contributed by atoms with Crippen LogP contribution in [0.25, 0.3) is 34.3 Å². The van der Waals surface area contributed by atoms with Crippen LogP contribution in [0.2, 0.25) is 0 Å². The molecule has 1 amide bonds. The molecule has 1 fully saturated rings. The summed E-state index contributed by atoms with van der Waals surface area (Å²) in [6, 6.07) is 7.12. The molecule has 0 saturated carbocycles. The number of carbonyl (C=O) groups excluding carboxylic acids is 1. The third kappa shape index (κ3) is 5.70. The first-order chi connectivity index (χ1) is 18.5. The van der Waals surface area contributed by atoms with Crippen LogP contribution in [0.5, 0.6) is 11.6 Å². The Morgan fingerprint density at radius 3 is 2.58 bits per heavy atom. The summed E-state index contributed by atoms with van der Waals surface area (Å²) in [7, 11) is 4.02. The Labute approximate surface area is 221 Å². The molecule has 4 aromatic rings. The van der Waals surface area contributed by atoms with E-state index in [4.69, 9.17) is 15.2 Å². The minimum atomic E-state index is -0.503. The average molecular weight is 516 g/mol. The van der Waals surface area contributed by atoms with Crippen LogP contribution in [-0.2, 0) is 7.05 Å². The third-order valence-electron chi connectivity index (χ3n) is 6.72. The average Bonchev–Trinajstić information content (AvgIpc) is 3.50. The molecule has 0 aliphatic carbocycles. The molecule has 1 saturated heterocycles. The van der Waals surface area contributed by atoms with E-state index in [1.54, 1.807) is 29.2 Å². The maximum Gasteiger partial charge on any atom is 0.248 e. The molecule has 2 bridgehead atoms. The summed E-state index contributed by atoms with van der Waals surface area (Å²) in [4.78, 5) is 18.5. The highest BCUT2D eigenvalue weighted by Gasteiger charge is 2.16. The summed E-state index contributed by atoms with van der Waals surface area (Å²) in [5.74, 6) is 0.709. The second-order valence-corrected chi connectivity index (χ2v) is 9.58. The number of aromatic nitrogens is 5. The van der Waals surface area contributed by atoms with Crippen molar-refractivity contribution in [1.29, 1.82) is 0 Å². The topological polar surface area (TPSA) is 124 Å². The van der Waals surface area contributed by atoms with Crippen molar-refractivity contribution in [3.63, 3.8) is 0 Å². The minimum absolute atomic E-state index is 0.391. The number of ether oxygens (including phenoxy) is 2. The number of piperidine rings is 1. The number of hydrogen-bond donors (Lipinski definition) is 2. The van der Waals surface area contributed by atoms with Gasteiger partial charge in [-0.05, 0) is 63.3 Å². The fourth-order valence-electron chi connectivity index (χ4n) is 4.57. The number of hydrogen-bond acceptors (Lipinski definition) is 7. The van der Waals surface area contributed by atoms with Crippen LogP contribution in [-0.4, -0.2) is 69.1 Å². The Kier molecular flexibility index (Phi) is 7.69. The summed E-state index contributed by atoms with van der Waals surface area (Å²) < 4.78 is 13.6. The largest absolute Gasteiger partial charge is 0.493 e. The van der Waals surface area contributed by atoms with E-state index < -0.39 is 5.91 Å². The molecular formula is C28H33N7O3. The van der Waals surface area contributed by atoms with Crippen molar-refractivity contribution in [3.8, 4) is 22.9 Å². The number of carbonyl (C=O) groups is 1. The molecule has 0 unspecified atom stereocenters. The Balaban J connectivity index is 0.000000366. The summed E-state index contributed by atoms with van der Waals surface area (Å²) in [6.45, 7) is 3.49. The van der Waals surface area contributed by atoms with Crippen molar-refractivity contribution in [2.24, 2.45) is 12.8 Å². The van der Waals surface area contributed by atoms with Crippen molar-refractivity contribution in [2.45, 2.75) is 25.7 Å². The first-order valence-electron chi connectivity index (χ1n) is 12.9. The van der Waals surface area contributed by atoms with E-state index in [0.29, 0.717) is 36.8 Å². The van der Waals surface area contributed by atoms with Gasteiger partial charge in [-0.1, -0.05) is 12.5 Å². The zero-order valence-electron chi connectivity index (χ0n) is 21.8. The summed E-state index contributed by atoms with van der Waals surface area (Å²) in [5, 5.41) is 12.7. The van der Waals surface area contributed by atoms with Crippen LogP contribution >= 0.6 is 0 Å². The monoisotopic (exact) mass is 515 g/mol. The molecule has 0 radical (unpaired) electrons. The van der Waals surface area contributed by atoms with E-state index in [9.17, 15) is 4.79 Å². The molecule has 2 aliphatic rings. The summed E-state index contributed by atoms with van der Waals surface area (Å²) in [6.07, 6.45) is 12.2. The number of nitrogens with one attached hydrogen (secondary N) is 1. The van der Waals surface area contributed by atoms with Crippen molar-refractivity contribution in [1.82, 2.24) is 29.9 Å². The lowest BCUT2D eigenvalue weighted by Crippen LogP contribution is -2.24. The number of amides is 1. The highest BCUT2D eigenvalue weighted by atomic mass is 16.5. The van der Waals surface area contributed by atoms with Crippen molar-refractivity contribution < 1.29 is 14.3 Å². The van der Waals surface area contributed by atoms with Gasteiger partial charge in [0.15, 0.2) is 0 Å². The fourth-order valence-corrected chi connectivity index (χ4v) is 4.57. The van der Waals surface area contributed by atoms with Gasteiger partial charge in [0, 0.05) is 30.0 Å². The normalized spacial score (nSPS) is 16.6. The number of pyridine rings is 1. The highest BCUT2D eigenvalue weighted by Crippen LogP contribution is 2.31. The maximum absolute atomic E-state index is 11.6. The Morgan fingerprint density at radius 1 is 1.00 bits per heavy atom. The van der Waals surface area contributed by atoms with Gasteiger partial charge in [0.2, 0.25) is 11.8 Å². The van der Waals surface area contributed by atoms with Crippen LogP contribution in [0.4, 0.5) is 0 Å². The number of rotatable bonds is 1. The minimum Gasteiger partial charge on any atom is -0.493 e. The van der Waals surface area contributed by atoms with E-state index in [0.717, 1.165) is 33.4 Å². The number of primary amides is 1. The SMILES string of the molecule is CN1CCCCC1.Cn1ncc2c1OCCCOc1cc(C(N)=O)ccc1/C=C/c1n[nH]c3cnc-2cc13. The van der Waals surface area contributed by atoms with Gasteiger partial charge in [0.05, 0.1) is 48.1 Å². The molecule has 10 heteroatoms. The van der Waals surface area contributed by atoms with Crippen LogP contribution in [0.15, 0.2) is 36.7 Å². The van der Waals surface area contributed by atoms with Gasteiger partial charge < -0.3 is 20.1 Å². The van der Waals surface area contributed by atoms with E-state index in [1.165, 1.54) is 32.4 Å². The van der Waals surface area contributed by atoms with E-state index in [2.05, 4.69) is 32.2 Å². The molecule has 5 heterocycles. The molecule has 1 aromatic carbocycles. The summed E-state index contributed by atoms with van der Waals surface area (Å²) in [5.41, 5.74) is 9.78. The zero-order chi connectivity index (χ0) is 26.5. The van der Waals surface area contributed by atoms with Crippen LogP contribution in [0, 0.1) is 0 Å². The number of H-pyrrole nitrogens is 1. The van der Waals surface area contributed by atoms with E-state index in [-0.39, 0.29) is 0 Å². The van der Waals surface area contributed by atoms with Gasteiger partial charge in [0.1, 0.15) is 5.75 Å². The molecule has 2 aliphatic heterocycles. The molecule has 10 nitrogen and oxygen atoms in total. The predicted octanol–water partition coefficient (Wildman–Crippen LogP) is 3.89. The number of aryl methyl sites for hydroxylation is 1. The Hall–Kier alpha value is -4.18. The lowest BCUT2D eigenvalue weighted by atomic mass is 10.1. The number of fused-ring (bicyclic) bond motifs is 4. The molecule has 0 atom stereocenters. The van der Waals surface area contributed by atoms with Crippen molar-refractivity contribution in [3.05, 3.63) is 53.5 Å². The smallest absolute Gasteiger partial charge is 0.248 e.